The van der Waals surface area contributed by atoms with Crippen LogP contribution in [0.4, 0.5) is 0 Å². The maximum atomic E-state index is 11.0. The number of hydrogen-bond acceptors (Lipinski definition) is 3. The number of carbonyl (C=O) groups excluding carboxylic acids is 1. The maximum absolute atomic E-state index is 11.0. The van der Waals surface area contributed by atoms with E-state index in [1.54, 1.807) is 13.8 Å². The van der Waals surface area contributed by atoms with Crippen molar-refractivity contribution >= 4 is 11.9 Å². The number of ether oxygens (including phenoxy) is 1. The lowest BCUT2D eigenvalue weighted by Crippen LogP contribution is -2.28. The quantitative estimate of drug-likeness (QED) is 0.663. The van der Waals surface area contributed by atoms with Gasteiger partial charge in [-0.05, 0) is 6.42 Å². The summed E-state index contributed by atoms with van der Waals surface area (Å²) in [6, 6.07) is 0. The maximum Gasteiger partial charge on any atom is 0.345 e. The summed E-state index contributed by atoms with van der Waals surface area (Å²) in [7, 11) is 0. The Morgan fingerprint density at radius 3 is 2.23 bits per heavy atom. The Hall–Kier alpha value is -1.06. The molecule has 0 amide bonds. The summed E-state index contributed by atoms with van der Waals surface area (Å²) >= 11 is 0. The molecule has 1 atom stereocenters. The third kappa shape index (κ3) is 4.50. The van der Waals surface area contributed by atoms with Crippen LogP contribution in [0.15, 0.2) is 0 Å². The molecule has 1 unspecified atom stereocenters. The van der Waals surface area contributed by atoms with Crippen LogP contribution in [-0.2, 0) is 14.3 Å². The van der Waals surface area contributed by atoms with Crippen LogP contribution in [-0.4, -0.2) is 23.1 Å². The van der Waals surface area contributed by atoms with Crippen molar-refractivity contribution in [2.45, 2.75) is 39.7 Å². The van der Waals surface area contributed by atoms with Gasteiger partial charge in [-0.3, -0.25) is 4.79 Å². The summed E-state index contributed by atoms with van der Waals surface area (Å²) in [6.45, 7) is 5.19. The number of esters is 1. The van der Waals surface area contributed by atoms with Crippen molar-refractivity contribution in [2.75, 3.05) is 0 Å². The Balaban J connectivity index is 4.10. The lowest BCUT2D eigenvalue weighted by Gasteiger charge is -2.13. The third-order valence-corrected chi connectivity index (χ3v) is 1.56. The first-order valence-electron chi connectivity index (χ1n) is 4.42. The second-order valence-corrected chi connectivity index (χ2v) is 3.21. The van der Waals surface area contributed by atoms with Gasteiger partial charge >= 0.3 is 11.9 Å². The van der Waals surface area contributed by atoms with Gasteiger partial charge < -0.3 is 9.84 Å². The van der Waals surface area contributed by atoms with E-state index in [0.717, 1.165) is 0 Å². The molecule has 0 aliphatic heterocycles. The van der Waals surface area contributed by atoms with E-state index in [2.05, 4.69) is 0 Å². The molecule has 0 saturated carbocycles. The highest BCUT2D eigenvalue weighted by molar-refractivity contribution is 5.78. The van der Waals surface area contributed by atoms with E-state index in [1.165, 1.54) is 0 Å². The van der Waals surface area contributed by atoms with Gasteiger partial charge in [0.15, 0.2) is 6.10 Å². The number of carboxylic acids is 1. The Morgan fingerprint density at radius 1 is 1.38 bits per heavy atom. The highest BCUT2D eigenvalue weighted by Crippen LogP contribution is 2.06. The van der Waals surface area contributed by atoms with E-state index in [4.69, 9.17) is 9.84 Å². The molecule has 4 heteroatoms. The van der Waals surface area contributed by atoms with Gasteiger partial charge in [0.1, 0.15) is 0 Å². The SMILES string of the molecule is CCCC(OC(=O)C(C)C)C(=O)O. The molecular formula is C9H16O4. The minimum Gasteiger partial charge on any atom is -0.479 e. The second kappa shape index (κ2) is 5.56. The summed E-state index contributed by atoms with van der Waals surface area (Å²) in [6.07, 6.45) is 0.0655. The van der Waals surface area contributed by atoms with Crippen molar-refractivity contribution in [2.24, 2.45) is 5.92 Å². The molecule has 0 rings (SSSR count). The Morgan fingerprint density at radius 2 is 1.92 bits per heavy atom. The van der Waals surface area contributed by atoms with E-state index in [-0.39, 0.29) is 5.92 Å². The molecule has 0 radical (unpaired) electrons. The number of carbonyl (C=O) groups is 2. The van der Waals surface area contributed by atoms with Crippen LogP contribution in [0.2, 0.25) is 0 Å². The zero-order valence-electron chi connectivity index (χ0n) is 8.24. The van der Waals surface area contributed by atoms with Crippen LogP contribution < -0.4 is 0 Å². The number of rotatable bonds is 5. The van der Waals surface area contributed by atoms with Crippen molar-refractivity contribution < 1.29 is 19.4 Å². The van der Waals surface area contributed by atoms with E-state index in [1.807, 2.05) is 6.92 Å². The molecule has 76 valence electrons. The summed E-state index contributed by atoms with van der Waals surface area (Å²) in [5.41, 5.74) is 0. The average Bonchev–Trinajstić information content (AvgIpc) is 2.03. The largest absolute Gasteiger partial charge is 0.479 e. The number of hydrogen-bond donors (Lipinski definition) is 1. The lowest BCUT2D eigenvalue weighted by molar-refractivity contribution is -0.166. The van der Waals surface area contributed by atoms with Gasteiger partial charge in [0.05, 0.1) is 5.92 Å². The zero-order valence-corrected chi connectivity index (χ0v) is 8.24. The fourth-order valence-corrected chi connectivity index (χ4v) is 0.771. The smallest absolute Gasteiger partial charge is 0.345 e. The summed E-state index contributed by atoms with van der Waals surface area (Å²) < 4.78 is 4.78. The third-order valence-electron chi connectivity index (χ3n) is 1.56. The Labute approximate surface area is 77.9 Å². The van der Waals surface area contributed by atoms with Gasteiger partial charge in [0, 0.05) is 0 Å². The zero-order chi connectivity index (χ0) is 10.4. The summed E-state index contributed by atoms with van der Waals surface area (Å²) in [5, 5.41) is 8.66. The van der Waals surface area contributed by atoms with Gasteiger partial charge in [-0.2, -0.15) is 0 Å². The fourth-order valence-electron chi connectivity index (χ4n) is 0.771. The summed E-state index contributed by atoms with van der Waals surface area (Å²) in [4.78, 5) is 21.6. The van der Waals surface area contributed by atoms with Crippen molar-refractivity contribution in [1.82, 2.24) is 0 Å². The predicted molar refractivity (Wildman–Crippen MR) is 47.3 cm³/mol. The Kier molecular flexibility index (Phi) is 5.11. The first-order chi connectivity index (χ1) is 5.99. The molecule has 0 aliphatic carbocycles. The van der Waals surface area contributed by atoms with Crippen LogP contribution in [0, 0.1) is 5.92 Å². The Bertz CT molecular complexity index is 186. The van der Waals surface area contributed by atoms with Gasteiger partial charge in [-0.25, -0.2) is 4.79 Å². The monoisotopic (exact) mass is 188 g/mol. The molecular weight excluding hydrogens is 172 g/mol. The van der Waals surface area contributed by atoms with E-state index in [0.29, 0.717) is 12.8 Å². The molecule has 4 nitrogen and oxygen atoms in total. The first kappa shape index (κ1) is 11.9. The minimum atomic E-state index is -1.07. The molecule has 0 aliphatic rings. The molecule has 0 heterocycles. The van der Waals surface area contributed by atoms with Crippen LogP contribution in [0.3, 0.4) is 0 Å². The van der Waals surface area contributed by atoms with Gasteiger partial charge in [-0.1, -0.05) is 27.2 Å². The normalized spacial score (nSPS) is 12.6. The van der Waals surface area contributed by atoms with Crippen LogP contribution in [0.5, 0.6) is 0 Å². The molecule has 13 heavy (non-hydrogen) atoms. The average molecular weight is 188 g/mol. The van der Waals surface area contributed by atoms with E-state index in [9.17, 15) is 9.59 Å². The molecule has 0 bridgehead atoms. The number of carboxylic acid groups (broad SMARTS) is 1. The predicted octanol–water partition coefficient (Wildman–Crippen LogP) is 1.44. The molecule has 0 aromatic rings. The molecule has 0 aromatic carbocycles. The topological polar surface area (TPSA) is 63.6 Å². The highest BCUT2D eigenvalue weighted by Gasteiger charge is 2.22. The van der Waals surface area contributed by atoms with E-state index < -0.39 is 18.0 Å². The standard InChI is InChI=1S/C9H16O4/c1-4-5-7(8(10)11)13-9(12)6(2)3/h6-7H,4-5H2,1-3H3,(H,10,11). The van der Waals surface area contributed by atoms with Crippen LogP contribution in [0.25, 0.3) is 0 Å². The van der Waals surface area contributed by atoms with Crippen molar-refractivity contribution in [3.63, 3.8) is 0 Å². The van der Waals surface area contributed by atoms with Crippen molar-refractivity contribution in [3.05, 3.63) is 0 Å². The highest BCUT2D eigenvalue weighted by atomic mass is 16.6. The molecule has 0 fully saturated rings. The van der Waals surface area contributed by atoms with Gasteiger partial charge in [0.25, 0.3) is 0 Å². The molecule has 0 spiro atoms. The van der Waals surface area contributed by atoms with Gasteiger partial charge in [-0.15, -0.1) is 0 Å². The van der Waals surface area contributed by atoms with Crippen molar-refractivity contribution in [3.8, 4) is 0 Å². The fraction of sp³-hybridized carbons (Fsp3) is 0.778. The molecule has 1 N–H and O–H groups in total. The molecule has 0 saturated heterocycles. The minimum absolute atomic E-state index is 0.279. The van der Waals surface area contributed by atoms with Gasteiger partial charge in [0.2, 0.25) is 0 Å². The second-order valence-electron chi connectivity index (χ2n) is 3.21. The first-order valence-corrected chi connectivity index (χ1v) is 4.42. The number of aliphatic carboxylic acids is 1. The van der Waals surface area contributed by atoms with Crippen LogP contribution >= 0.6 is 0 Å². The van der Waals surface area contributed by atoms with E-state index >= 15 is 0 Å². The summed E-state index contributed by atoms with van der Waals surface area (Å²) in [5.74, 6) is -1.81. The molecule has 0 aromatic heterocycles. The lowest BCUT2D eigenvalue weighted by atomic mass is 10.2. The van der Waals surface area contributed by atoms with Crippen LogP contribution in [0.1, 0.15) is 33.6 Å². The van der Waals surface area contributed by atoms with Crippen molar-refractivity contribution in [1.29, 1.82) is 0 Å².